The summed E-state index contributed by atoms with van der Waals surface area (Å²) in [6.45, 7) is 5.52. The average Bonchev–Trinajstić information content (AvgIpc) is 3.49. The van der Waals surface area contributed by atoms with Crippen LogP contribution in [0.3, 0.4) is 0 Å². The fourth-order valence-corrected chi connectivity index (χ4v) is 6.72. The summed E-state index contributed by atoms with van der Waals surface area (Å²) < 4.78 is 0. The summed E-state index contributed by atoms with van der Waals surface area (Å²) in [7, 11) is 0. The van der Waals surface area contributed by atoms with E-state index in [9.17, 15) is 29.3 Å². The fraction of sp³-hybridized carbons (Fsp3) is 0.667. The highest BCUT2D eigenvalue weighted by Gasteiger charge is 2.47. The topological polar surface area (TPSA) is 118 Å². The third kappa shape index (κ3) is 4.92. The molecule has 0 aromatic carbocycles. The summed E-state index contributed by atoms with van der Waals surface area (Å²) in [5, 5.41) is 11.1. The first kappa shape index (κ1) is 24.5. The molecule has 1 spiro atoms. The van der Waals surface area contributed by atoms with Gasteiger partial charge in [-0.2, -0.15) is 0 Å². The molecule has 0 N–H and O–H groups in total. The number of Topliss-reactive ketones (excluding diaryl/α,β-unsaturated/α-hetero) is 2. The number of ketones is 2. The molecule has 3 atom stereocenters. The molecule has 3 fully saturated rings. The van der Waals surface area contributed by atoms with E-state index in [4.69, 9.17) is 0 Å². The van der Waals surface area contributed by atoms with Gasteiger partial charge < -0.3 is 9.80 Å². The van der Waals surface area contributed by atoms with Crippen LogP contribution in [0.1, 0.15) is 65.3 Å². The summed E-state index contributed by atoms with van der Waals surface area (Å²) >= 11 is 1.23. The average molecular weight is 490 g/mol. The Labute approximate surface area is 202 Å². The maximum Gasteiger partial charge on any atom is 0.263 e. The lowest BCUT2D eigenvalue weighted by molar-refractivity contribution is -0.490. The van der Waals surface area contributed by atoms with E-state index in [1.165, 1.54) is 18.3 Å². The summed E-state index contributed by atoms with van der Waals surface area (Å²) in [6.07, 6.45) is 2.83. The van der Waals surface area contributed by atoms with Crippen molar-refractivity contribution in [1.29, 1.82) is 0 Å². The molecule has 0 bridgehead atoms. The molecule has 0 radical (unpaired) electrons. The van der Waals surface area contributed by atoms with E-state index in [0.717, 1.165) is 19.3 Å². The number of amides is 2. The third-order valence-corrected chi connectivity index (χ3v) is 9.18. The standard InChI is InChI=1S/C24H31N3O6S/c1-15-11-19(29)17(18(15)13-27(32)33)12-22(30)26-10-7-24(14-26)5-8-25(9-6-24)23(31)21-4-3-20(34-21)16(2)28/h3-4,15,17-18H,5-14H2,1-2H3. The maximum atomic E-state index is 13.0. The molecule has 1 aliphatic carbocycles. The van der Waals surface area contributed by atoms with E-state index in [1.54, 1.807) is 12.1 Å². The minimum absolute atomic E-state index is 0.0281. The highest BCUT2D eigenvalue weighted by molar-refractivity contribution is 7.15. The number of rotatable bonds is 6. The van der Waals surface area contributed by atoms with Crippen molar-refractivity contribution in [3.05, 3.63) is 32.0 Å². The van der Waals surface area contributed by atoms with Gasteiger partial charge in [0.25, 0.3) is 5.91 Å². The van der Waals surface area contributed by atoms with Gasteiger partial charge in [0.15, 0.2) is 5.78 Å². The lowest BCUT2D eigenvalue weighted by atomic mass is 9.77. The largest absolute Gasteiger partial charge is 0.342 e. The van der Waals surface area contributed by atoms with E-state index >= 15 is 0 Å². The predicted octanol–water partition coefficient (Wildman–Crippen LogP) is 2.91. The van der Waals surface area contributed by atoms with Crippen molar-refractivity contribution in [2.75, 3.05) is 32.7 Å². The molecular weight excluding hydrogens is 458 g/mol. The number of hydrogen-bond donors (Lipinski definition) is 0. The number of nitro groups is 1. The quantitative estimate of drug-likeness (QED) is 0.344. The third-order valence-electron chi connectivity index (χ3n) is 8.00. The minimum Gasteiger partial charge on any atom is -0.342 e. The van der Waals surface area contributed by atoms with Gasteiger partial charge in [-0.1, -0.05) is 6.92 Å². The van der Waals surface area contributed by atoms with Crippen LogP contribution in [0.15, 0.2) is 12.1 Å². The molecule has 3 unspecified atom stereocenters. The molecule has 184 valence electrons. The lowest BCUT2D eigenvalue weighted by Gasteiger charge is -2.39. The number of thiophene rings is 1. The first-order valence-corrected chi connectivity index (χ1v) is 12.7. The molecule has 2 saturated heterocycles. The summed E-state index contributed by atoms with van der Waals surface area (Å²) in [5.74, 6) is -1.23. The molecule has 10 heteroatoms. The van der Waals surface area contributed by atoms with Gasteiger partial charge in [-0.3, -0.25) is 29.3 Å². The Morgan fingerprint density at radius 2 is 1.74 bits per heavy atom. The smallest absolute Gasteiger partial charge is 0.263 e. The normalized spacial score (nSPS) is 26.3. The lowest BCUT2D eigenvalue weighted by Crippen LogP contribution is -2.44. The number of piperidine rings is 1. The van der Waals surface area contributed by atoms with E-state index in [0.29, 0.717) is 42.4 Å². The second-order valence-electron chi connectivity index (χ2n) is 10.2. The molecule has 2 aliphatic heterocycles. The van der Waals surface area contributed by atoms with Crippen LogP contribution < -0.4 is 0 Å². The monoisotopic (exact) mass is 489 g/mol. The Morgan fingerprint density at radius 3 is 2.32 bits per heavy atom. The predicted molar refractivity (Wildman–Crippen MR) is 125 cm³/mol. The van der Waals surface area contributed by atoms with E-state index < -0.39 is 5.92 Å². The number of carbonyl (C=O) groups is 4. The number of nitrogens with zero attached hydrogens (tertiary/aromatic N) is 3. The van der Waals surface area contributed by atoms with E-state index in [1.807, 2.05) is 16.7 Å². The molecule has 34 heavy (non-hydrogen) atoms. The molecule has 1 aromatic heterocycles. The summed E-state index contributed by atoms with van der Waals surface area (Å²) in [4.78, 5) is 65.3. The van der Waals surface area contributed by atoms with Crippen molar-refractivity contribution < 1.29 is 24.1 Å². The first-order chi connectivity index (χ1) is 16.1. The number of likely N-dealkylation sites (tertiary alicyclic amines) is 2. The minimum atomic E-state index is -0.561. The van der Waals surface area contributed by atoms with E-state index in [-0.39, 0.29) is 58.5 Å². The van der Waals surface area contributed by atoms with Gasteiger partial charge in [-0.15, -0.1) is 11.3 Å². The second-order valence-corrected chi connectivity index (χ2v) is 11.3. The molecule has 4 rings (SSSR count). The highest BCUT2D eigenvalue weighted by atomic mass is 32.1. The molecular formula is C24H31N3O6S. The van der Waals surface area contributed by atoms with Crippen LogP contribution in [0.4, 0.5) is 0 Å². The van der Waals surface area contributed by atoms with Crippen LogP contribution in [0.25, 0.3) is 0 Å². The van der Waals surface area contributed by atoms with Gasteiger partial charge in [0, 0.05) is 55.8 Å². The van der Waals surface area contributed by atoms with Crippen molar-refractivity contribution >= 4 is 34.7 Å². The van der Waals surface area contributed by atoms with Crippen molar-refractivity contribution in [3.8, 4) is 0 Å². The second kappa shape index (κ2) is 9.56. The Balaban J connectivity index is 1.32. The Bertz CT molecular complexity index is 1010. The van der Waals surface area contributed by atoms with Crippen molar-refractivity contribution in [1.82, 2.24) is 9.80 Å². The van der Waals surface area contributed by atoms with Gasteiger partial charge >= 0.3 is 0 Å². The van der Waals surface area contributed by atoms with Gasteiger partial charge in [0.1, 0.15) is 5.78 Å². The van der Waals surface area contributed by atoms with Crippen molar-refractivity contribution in [2.45, 2.75) is 46.0 Å². The Hall–Kier alpha value is -2.62. The first-order valence-electron chi connectivity index (χ1n) is 11.9. The van der Waals surface area contributed by atoms with Crippen LogP contribution in [-0.2, 0) is 9.59 Å². The zero-order valence-corrected chi connectivity index (χ0v) is 20.5. The van der Waals surface area contributed by atoms with Gasteiger partial charge in [0.05, 0.1) is 9.75 Å². The molecule has 1 aromatic rings. The van der Waals surface area contributed by atoms with Crippen LogP contribution in [-0.4, -0.2) is 70.8 Å². The van der Waals surface area contributed by atoms with E-state index in [2.05, 4.69) is 0 Å². The van der Waals surface area contributed by atoms with Crippen LogP contribution >= 0.6 is 11.3 Å². The Morgan fingerprint density at radius 1 is 1.12 bits per heavy atom. The highest BCUT2D eigenvalue weighted by Crippen LogP contribution is 2.42. The zero-order valence-electron chi connectivity index (χ0n) is 19.7. The van der Waals surface area contributed by atoms with Gasteiger partial charge in [-0.25, -0.2) is 0 Å². The zero-order chi connectivity index (χ0) is 24.6. The number of hydrogen-bond acceptors (Lipinski definition) is 7. The molecule has 9 nitrogen and oxygen atoms in total. The Kier molecular flexibility index (Phi) is 6.89. The number of carbonyl (C=O) groups excluding carboxylic acids is 4. The van der Waals surface area contributed by atoms with Crippen molar-refractivity contribution in [2.24, 2.45) is 23.2 Å². The van der Waals surface area contributed by atoms with Crippen LogP contribution in [0.2, 0.25) is 0 Å². The SMILES string of the molecule is CC(=O)c1ccc(C(=O)N2CCC3(CCN(C(=O)CC4C(=O)CC(C)C4C[N+](=O)[O-])C3)CC2)s1. The van der Waals surface area contributed by atoms with Gasteiger partial charge in [0.2, 0.25) is 12.5 Å². The van der Waals surface area contributed by atoms with Gasteiger partial charge in [-0.05, 0) is 49.7 Å². The summed E-state index contributed by atoms with van der Waals surface area (Å²) in [5.41, 5.74) is -0.0281. The van der Waals surface area contributed by atoms with Crippen molar-refractivity contribution in [3.63, 3.8) is 0 Å². The molecule has 1 saturated carbocycles. The fourth-order valence-electron chi connectivity index (χ4n) is 5.86. The molecule has 3 aliphatic rings. The molecule has 2 amide bonds. The molecule has 3 heterocycles. The van der Waals surface area contributed by atoms with Crippen LogP contribution in [0, 0.1) is 33.3 Å². The maximum absolute atomic E-state index is 13.0. The van der Waals surface area contributed by atoms with Crippen LogP contribution in [0.5, 0.6) is 0 Å². The summed E-state index contributed by atoms with van der Waals surface area (Å²) in [6, 6.07) is 3.40.